The molecule has 0 aliphatic heterocycles. The van der Waals surface area contributed by atoms with Crippen molar-refractivity contribution < 1.29 is 18.3 Å². The number of hydrogen-bond acceptors (Lipinski definition) is 3. The fourth-order valence-electron chi connectivity index (χ4n) is 2.51. The van der Waals surface area contributed by atoms with E-state index in [-0.39, 0.29) is 42.1 Å². The monoisotopic (exact) mass is 491 g/mol. The maximum absolute atomic E-state index is 13.7. The highest BCUT2D eigenvalue weighted by molar-refractivity contribution is 14.0. The molecule has 0 bridgehead atoms. The Morgan fingerprint density at radius 2 is 1.85 bits per heavy atom. The second-order valence-corrected chi connectivity index (χ2v) is 5.64. The minimum atomic E-state index is -0.486. The standard InChI is InChI=1S/C19H23F2N3O2.HI/c1-12(16-10-15(25-3)6-8-18(16)26-4)24-19(22-2)23-11-13-9-14(20)5-7-17(13)21;/h5-10,12H,11H2,1-4H3,(H2,22,23,24);1H. The number of aliphatic imine (C=N–C) groups is 1. The Bertz CT molecular complexity index is 788. The number of rotatable bonds is 6. The summed E-state index contributed by atoms with van der Waals surface area (Å²) in [7, 11) is 4.79. The van der Waals surface area contributed by atoms with E-state index < -0.39 is 11.6 Å². The van der Waals surface area contributed by atoms with Gasteiger partial charge in [-0.15, -0.1) is 24.0 Å². The van der Waals surface area contributed by atoms with Crippen LogP contribution in [0.3, 0.4) is 0 Å². The zero-order chi connectivity index (χ0) is 19.1. The highest BCUT2D eigenvalue weighted by Gasteiger charge is 2.14. The van der Waals surface area contributed by atoms with Crippen molar-refractivity contribution in [1.82, 2.24) is 10.6 Å². The first-order chi connectivity index (χ1) is 12.5. The van der Waals surface area contributed by atoms with Gasteiger partial charge in [-0.3, -0.25) is 4.99 Å². The SMILES string of the molecule is CN=C(NCc1cc(F)ccc1F)NC(C)c1cc(OC)ccc1OC.I. The van der Waals surface area contributed by atoms with Gasteiger partial charge in [0.25, 0.3) is 0 Å². The molecule has 0 spiro atoms. The third-order valence-corrected chi connectivity index (χ3v) is 3.93. The lowest BCUT2D eigenvalue weighted by Crippen LogP contribution is -2.38. The molecule has 0 saturated heterocycles. The van der Waals surface area contributed by atoms with E-state index in [2.05, 4.69) is 15.6 Å². The minimum absolute atomic E-state index is 0. The summed E-state index contributed by atoms with van der Waals surface area (Å²) >= 11 is 0. The normalized spacial score (nSPS) is 12.0. The molecule has 148 valence electrons. The topological polar surface area (TPSA) is 54.9 Å². The number of nitrogens with one attached hydrogen (secondary N) is 2. The lowest BCUT2D eigenvalue weighted by atomic mass is 10.1. The van der Waals surface area contributed by atoms with Crippen molar-refractivity contribution in [1.29, 1.82) is 0 Å². The Balaban J connectivity index is 0.00000364. The summed E-state index contributed by atoms with van der Waals surface area (Å²) in [6.07, 6.45) is 0. The number of nitrogens with zero attached hydrogens (tertiary/aromatic N) is 1. The van der Waals surface area contributed by atoms with Gasteiger partial charge >= 0.3 is 0 Å². The van der Waals surface area contributed by atoms with Gasteiger partial charge in [0, 0.05) is 24.7 Å². The molecule has 2 N–H and O–H groups in total. The van der Waals surface area contributed by atoms with Gasteiger partial charge in [-0.25, -0.2) is 8.78 Å². The highest BCUT2D eigenvalue weighted by atomic mass is 127. The summed E-state index contributed by atoms with van der Waals surface area (Å²) in [4.78, 5) is 4.12. The molecule has 2 aromatic rings. The summed E-state index contributed by atoms with van der Waals surface area (Å²) in [6.45, 7) is 2.04. The first-order valence-corrected chi connectivity index (χ1v) is 8.11. The number of guanidine groups is 1. The molecule has 2 aromatic carbocycles. The minimum Gasteiger partial charge on any atom is -0.497 e. The number of hydrogen-bond donors (Lipinski definition) is 2. The Morgan fingerprint density at radius 1 is 1.11 bits per heavy atom. The maximum atomic E-state index is 13.7. The fourth-order valence-corrected chi connectivity index (χ4v) is 2.51. The first-order valence-electron chi connectivity index (χ1n) is 8.11. The van der Waals surface area contributed by atoms with Gasteiger partial charge in [-0.05, 0) is 43.3 Å². The molecule has 1 atom stereocenters. The van der Waals surface area contributed by atoms with Gasteiger partial charge in [-0.2, -0.15) is 0 Å². The molecule has 0 heterocycles. The lowest BCUT2D eigenvalue weighted by molar-refractivity contribution is 0.394. The second-order valence-electron chi connectivity index (χ2n) is 5.64. The molecule has 0 aliphatic carbocycles. The van der Waals surface area contributed by atoms with E-state index in [1.54, 1.807) is 21.3 Å². The highest BCUT2D eigenvalue weighted by Crippen LogP contribution is 2.29. The van der Waals surface area contributed by atoms with Crippen LogP contribution in [-0.2, 0) is 6.54 Å². The van der Waals surface area contributed by atoms with Crippen molar-refractivity contribution in [2.75, 3.05) is 21.3 Å². The smallest absolute Gasteiger partial charge is 0.191 e. The van der Waals surface area contributed by atoms with Crippen molar-refractivity contribution in [3.8, 4) is 11.5 Å². The van der Waals surface area contributed by atoms with Crippen LogP contribution < -0.4 is 20.1 Å². The summed E-state index contributed by atoms with van der Waals surface area (Å²) in [6, 6.07) is 8.69. The molecule has 8 heteroatoms. The summed E-state index contributed by atoms with van der Waals surface area (Å²) in [5, 5.41) is 6.18. The Kier molecular flexibility index (Phi) is 9.27. The van der Waals surface area contributed by atoms with Crippen LogP contribution in [0.2, 0.25) is 0 Å². The maximum Gasteiger partial charge on any atom is 0.191 e. The van der Waals surface area contributed by atoms with Gasteiger partial charge in [0.15, 0.2) is 5.96 Å². The lowest BCUT2D eigenvalue weighted by Gasteiger charge is -2.21. The quantitative estimate of drug-likeness (QED) is 0.364. The molecule has 0 saturated carbocycles. The average Bonchev–Trinajstić information content (AvgIpc) is 2.66. The van der Waals surface area contributed by atoms with E-state index in [1.807, 2.05) is 25.1 Å². The summed E-state index contributed by atoms with van der Waals surface area (Å²) in [5.41, 5.74) is 1.10. The molecule has 1 unspecified atom stereocenters. The van der Waals surface area contributed by atoms with Crippen LogP contribution in [-0.4, -0.2) is 27.2 Å². The van der Waals surface area contributed by atoms with Crippen LogP contribution >= 0.6 is 24.0 Å². The van der Waals surface area contributed by atoms with Crippen LogP contribution in [0.15, 0.2) is 41.4 Å². The molecular weight excluding hydrogens is 467 g/mol. The number of ether oxygens (including phenoxy) is 2. The van der Waals surface area contributed by atoms with Crippen LogP contribution in [0.4, 0.5) is 8.78 Å². The van der Waals surface area contributed by atoms with E-state index in [0.717, 1.165) is 23.8 Å². The molecule has 0 radical (unpaired) electrons. The van der Waals surface area contributed by atoms with Crippen LogP contribution in [0.25, 0.3) is 0 Å². The Morgan fingerprint density at radius 3 is 2.48 bits per heavy atom. The van der Waals surface area contributed by atoms with E-state index >= 15 is 0 Å². The third kappa shape index (κ3) is 6.23. The zero-order valence-electron chi connectivity index (χ0n) is 15.7. The molecule has 0 fully saturated rings. The average molecular weight is 491 g/mol. The molecule has 5 nitrogen and oxygen atoms in total. The van der Waals surface area contributed by atoms with E-state index in [0.29, 0.717) is 17.5 Å². The van der Waals surface area contributed by atoms with Gasteiger partial charge in [0.05, 0.1) is 20.3 Å². The molecular formula is C19H24F2IN3O2. The van der Waals surface area contributed by atoms with Crippen LogP contribution in [0.5, 0.6) is 11.5 Å². The van der Waals surface area contributed by atoms with Crippen molar-refractivity contribution in [2.45, 2.75) is 19.5 Å². The molecule has 0 aliphatic rings. The summed E-state index contributed by atoms with van der Waals surface area (Å²) in [5.74, 6) is 0.903. The van der Waals surface area contributed by atoms with E-state index in [4.69, 9.17) is 9.47 Å². The summed E-state index contributed by atoms with van der Waals surface area (Å²) < 4.78 is 37.7. The van der Waals surface area contributed by atoms with Crippen molar-refractivity contribution in [3.05, 3.63) is 59.2 Å². The Labute approximate surface area is 175 Å². The predicted octanol–water partition coefficient (Wildman–Crippen LogP) is 4.03. The molecule has 0 aromatic heterocycles. The third-order valence-electron chi connectivity index (χ3n) is 3.93. The Hall–Kier alpha value is -2.10. The number of benzene rings is 2. The largest absolute Gasteiger partial charge is 0.497 e. The van der Waals surface area contributed by atoms with Crippen molar-refractivity contribution >= 4 is 29.9 Å². The zero-order valence-corrected chi connectivity index (χ0v) is 18.0. The van der Waals surface area contributed by atoms with Gasteiger partial charge < -0.3 is 20.1 Å². The van der Waals surface area contributed by atoms with E-state index in [9.17, 15) is 8.78 Å². The van der Waals surface area contributed by atoms with Gasteiger partial charge in [-0.1, -0.05) is 0 Å². The number of halogens is 3. The predicted molar refractivity (Wildman–Crippen MR) is 113 cm³/mol. The molecule has 27 heavy (non-hydrogen) atoms. The number of methoxy groups -OCH3 is 2. The van der Waals surface area contributed by atoms with Gasteiger partial charge in [0.1, 0.15) is 23.1 Å². The molecule has 2 rings (SSSR count). The van der Waals surface area contributed by atoms with Crippen LogP contribution in [0.1, 0.15) is 24.1 Å². The van der Waals surface area contributed by atoms with Crippen molar-refractivity contribution in [2.24, 2.45) is 4.99 Å². The van der Waals surface area contributed by atoms with Crippen molar-refractivity contribution in [3.63, 3.8) is 0 Å². The van der Waals surface area contributed by atoms with Gasteiger partial charge in [0.2, 0.25) is 0 Å². The fraction of sp³-hybridized carbons (Fsp3) is 0.316. The second kappa shape index (κ2) is 10.9. The first kappa shape index (κ1) is 22.9. The molecule has 0 amide bonds. The van der Waals surface area contributed by atoms with E-state index in [1.165, 1.54) is 0 Å². The van der Waals surface area contributed by atoms with Crippen LogP contribution in [0, 0.1) is 11.6 Å².